The highest BCUT2D eigenvalue weighted by molar-refractivity contribution is 5.81. The lowest BCUT2D eigenvalue weighted by Crippen LogP contribution is -2.50. The van der Waals surface area contributed by atoms with Crippen molar-refractivity contribution in [3.63, 3.8) is 0 Å². The Bertz CT molecular complexity index is 588. The Morgan fingerprint density at radius 1 is 1.31 bits per heavy atom. The molecular weight excluding hydrogens is 332 g/mol. The molecule has 2 rings (SSSR count). The molecular formula is C20H30N2O4. The second-order valence-electron chi connectivity index (χ2n) is 6.65. The van der Waals surface area contributed by atoms with Gasteiger partial charge in [-0.25, -0.2) is 0 Å². The Morgan fingerprint density at radius 3 is 2.69 bits per heavy atom. The summed E-state index contributed by atoms with van der Waals surface area (Å²) in [5.74, 6) is 0.554. The number of hydrogen-bond acceptors (Lipinski definition) is 5. The Kier molecular flexibility index (Phi) is 7.91. The number of carbonyl (C=O) groups excluding carboxylic acids is 2. The van der Waals surface area contributed by atoms with Crippen LogP contribution in [0, 0.1) is 5.92 Å². The van der Waals surface area contributed by atoms with Gasteiger partial charge in [-0.15, -0.1) is 0 Å². The fraction of sp³-hybridized carbons (Fsp3) is 0.600. The van der Waals surface area contributed by atoms with Crippen molar-refractivity contribution in [3.8, 4) is 5.75 Å². The van der Waals surface area contributed by atoms with Gasteiger partial charge >= 0.3 is 5.97 Å². The number of amides is 1. The number of methoxy groups -OCH3 is 1. The molecule has 1 aromatic carbocycles. The highest BCUT2D eigenvalue weighted by atomic mass is 16.5. The number of rotatable bonds is 8. The summed E-state index contributed by atoms with van der Waals surface area (Å²) in [4.78, 5) is 26.5. The third-order valence-corrected chi connectivity index (χ3v) is 4.87. The monoisotopic (exact) mass is 362 g/mol. The molecule has 1 heterocycles. The van der Waals surface area contributed by atoms with Gasteiger partial charge in [0.05, 0.1) is 25.7 Å². The summed E-state index contributed by atoms with van der Waals surface area (Å²) in [5.41, 5.74) is 1.15. The molecule has 26 heavy (non-hydrogen) atoms. The zero-order valence-corrected chi connectivity index (χ0v) is 16.0. The third kappa shape index (κ3) is 5.73. The maximum atomic E-state index is 12.4. The number of likely N-dealkylation sites (tertiary alicyclic amines) is 1. The van der Waals surface area contributed by atoms with Crippen molar-refractivity contribution in [2.24, 2.45) is 5.92 Å². The second-order valence-corrected chi connectivity index (χ2v) is 6.65. The van der Waals surface area contributed by atoms with Gasteiger partial charge in [-0.05, 0) is 57.4 Å². The molecule has 1 aromatic rings. The van der Waals surface area contributed by atoms with Gasteiger partial charge in [-0.1, -0.05) is 12.1 Å². The zero-order valence-electron chi connectivity index (χ0n) is 16.0. The average molecular weight is 362 g/mol. The number of piperidine rings is 1. The standard InChI is InChI=1S/C20H30N2O4/c1-4-26-20(24)17-6-5-13-22(14-17)15(2)19(23)21-12-11-16-7-9-18(25-3)10-8-16/h7-10,15,17H,4-6,11-14H2,1-3H3,(H,21,23). The van der Waals surface area contributed by atoms with Crippen molar-refractivity contribution < 1.29 is 19.1 Å². The Balaban J connectivity index is 1.77. The molecule has 0 saturated carbocycles. The minimum absolute atomic E-state index is 0.00280. The number of nitrogens with zero attached hydrogens (tertiary/aromatic N) is 1. The molecule has 6 nitrogen and oxygen atoms in total. The molecule has 1 saturated heterocycles. The van der Waals surface area contributed by atoms with Crippen LogP contribution in [0.25, 0.3) is 0 Å². The smallest absolute Gasteiger partial charge is 0.310 e. The summed E-state index contributed by atoms with van der Waals surface area (Å²) in [7, 11) is 1.64. The molecule has 1 N–H and O–H groups in total. The van der Waals surface area contributed by atoms with Gasteiger partial charge in [-0.2, -0.15) is 0 Å². The molecule has 1 aliphatic heterocycles. The lowest BCUT2D eigenvalue weighted by molar-refractivity contribution is -0.151. The predicted octanol–water partition coefficient (Wildman–Crippen LogP) is 2.02. The maximum absolute atomic E-state index is 12.4. The fourth-order valence-electron chi connectivity index (χ4n) is 3.25. The molecule has 2 atom stereocenters. The number of carbonyl (C=O) groups is 2. The van der Waals surface area contributed by atoms with Crippen LogP contribution in [-0.2, 0) is 20.7 Å². The zero-order chi connectivity index (χ0) is 18.9. The van der Waals surface area contributed by atoms with Crippen LogP contribution in [0.4, 0.5) is 0 Å². The van der Waals surface area contributed by atoms with Crippen LogP contribution in [0.3, 0.4) is 0 Å². The second kappa shape index (κ2) is 10.2. The molecule has 1 aliphatic rings. The van der Waals surface area contributed by atoms with Gasteiger partial charge < -0.3 is 14.8 Å². The number of benzene rings is 1. The SMILES string of the molecule is CCOC(=O)C1CCCN(C(C)C(=O)NCCc2ccc(OC)cc2)C1. The van der Waals surface area contributed by atoms with Crippen LogP contribution in [0.15, 0.2) is 24.3 Å². The Labute approximate surface area is 155 Å². The summed E-state index contributed by atoms with van der Waals surface area (Å²) in [6, 6.07) is 7.60. The van der Waals surface area contributed by atoms with E-state index in [-0.39, 0.29) is 23.8 Å². The van der Waals surface area contributed by atoms with Gasteiger partial charge in [-0.3, -0.25) is 14.5 Å². The first-order valence-corrected chi connectivity index (χ1v) is 9.36. The van der Waals surface area contributed by atoms with Crippen LogP contribution < -0.4 is 10.1 Å². The summed E-state index contributed by atoms with van der Waals surface area (Å²) in [5, 5.41) is 3.00. The summed E-state index contributed by atoms with van der Waals surface area (Å²) < 4.78 is 10.3. The molecule has 0 aromatic heterocycles. The minimum Gasteiger partial charge on any atom is -0.497 e. The van der Waals surface area contributed by atoms with Crippen molar-refractivity contribution >= 4 is 11.9 Å². The molecule has 1 amide bonds. The van der Waals surface area contributed by atoms with Crippen LogP contribution in [0.1, 0.15) is 32.3 Å². The van der Waals surface area contributed by atoms with E-state index < -0.39 is 0 Å². The van der Waals surface area contributed by atoms with E-state index in [1.165, 1.54) is 0 Å². The molecule has 1 fully saturated rings. The van der Waals surface area contributed by atoms with Crippen LogP contribution in [0.2, 0.25) is 0 Å². The van der Waals surface area contributed by atoms with Crippen molar-refractivity contribution in [3.05, 3.63) is 29.8 Å². The molecule has 144 valence electrons. The average Bonchev–Trinajstić information content (AvgIpc) is 2.68. The summed E-state index contributed by atoms with van der Waals surface area (Å²) >= 11 is 0. The van der Waals surface area contributed by atoms with Crippen molar-refractivity contribution in [2.45, 2.75) is 39.2 Å². The summed E-state index contributed by atoms with van der Waals surface area (Å²) in [6.07, 6.45) is 2.52. The van der Waals surface area contributed by atoms with E-state index in [1.54, 1.807) is 7.11 Å². The highest BCUT2D eigenvalue weighted by Crippen LogP contribution is 2.20. The number of nitrogens with one attached hydrogen (secondary N) is 1. The van der Waals surface area contributed by atoms with Crippen molar-refractivity contribution in [2.75, 3.05) is 33.4 Å². The normalized spacial score (nSPS) is 18.8. The molecule has 2 unspecified atom stereocenters. The van der Waals surface area contributed by atoms with Gasteiger partial charge in [0.25, 0.3) is 0 Å². The molecule has 0 aliphatic carbocycles. The van der Waals surface area contributed by atoms with Crippen molar-refractivity contribution in [1.29, 1.82) is 0 Å². The molecule has 0 radical (unpaired) electrons. The molecule has 0 bridgehead atoms. The van der Waals surface area contributed by atoms with Gasteiger partial charge in [0.1, 0.15) is 5.75 Å². The Hall–Kier alpha value is -2.08. The van der Waals surface area contributed by atoms with Crippen molar-refractivity contribution in [1.82, 2.24) is 10.2 Å². The van der Waals surface area contributed by atoms with Crippen LogP contribution in [0.5, 0.6) is 5.75 Å². The lowest BCUT2D eigenvalue weighted by atomic mass is 9.97. The van der Waals surface area contributed by atoms with Gasteiger partial charge in [0.2, 0.25) is 5.91 Å². The largest absolute Gasteiger partial charge is 0.497 e. The van der Waals surface area contributed by atoms with E-state index in [1.807, 2.05) is 38.1 Å². The highest BCUT2D eigenvalue weighted by Gasteiger charge is 2.31. The Morgan fingerprint density at radius 2 is 2.04 bits per heavy atom. The quantitative estimate of drug-likeness (QED) is 0.717. The van der Waals surface area contributed by atoms with E-state index in [2.05, 4.69) is 10.2 Å². The lowest BCUT2D eigenvalue weighted by Gasteiger charge is -2.35. The summed E-state index contributed by atoms with van der Waals surface area (Å²) in [6.45, 7) is 6.13. The number of hydrogen-bond donors (Lipinski definition) is 1. The predicted molar refractivity (Wildman–Crippen MR) is 100 cm³/mol. The van der Waals surface area contributed by atoms with Gasteiger partial charge in [0, 0.05) is 13.1 Å². The first kappa shape index (κ1) is 20.2. The van der Waals surface area contributed by atoms with E-state index >= 15 is 0 Å². The van der Waals surface area contributed by atoms with E-state index in [0.717, 1.165) is 37.1 Å². The van der Waals surface area contributed by atoms with E-state index in [9.17, 15) is 9.59 Å². The number of ether oxygens (including phenoxy) is 2. The van der Waals surface area contributed by atoms with E-state index in [4.69, 9.17) is 9.47 Å². The topological polar surface area (TPSA) is 67.9 Å². The maximum Gasteiger partial charge on any atom is 0.310 e. The van der Waals surface area contributed by atoms with Gasteiger partial charge in [0.15, 0.2) is 0 Å². The van der Waals surface area contributed by atoms with Crippen LogP contribution >= 0.6 is 0 Å². The third-order valence-electron chi connectivity index (χ3n) is 4.87. The first-order valence-electron chi connectivity index (χ1n) is 9.36. The molecule has 0 spiro atoms. The number of esters is 1. The fourth-order valence-corrected chi connectivity index (χ4v) is 3.25. The molecule has 6 heteroatoms. The minimum atomic E-state index is -0.247. The first-order chi connectivity index (χ1) is 12.5. The van der Waals surface area contributed by atoms with E-state index in [0.29, 0.717) is 19.7 Å². The van der Waals surface area contributed by atoms with Crippen LogP contribution in [-0.4, -0.2) is 56.2 Å².